The van der Waals surface area contributed by atoms with Crippen LogP contribution in [-0.2, 0) is 13.5 Å². The van der Waals surface area contributed by atoms with Gasteiger partial charge in [0, 0.05) is 7.05 Å². The number of aryl methyl sites for hydroxylation is 1. The SMILES string of the molecule is C[C@H](O)Cc1ccc2c(c1)ncn2C. The van der Waals surface area contributed by atoms with Crippen LogP contribution < -0.4 is 0 Å². The van der Waals surface area contributed by atoms with Gasteiger partial charge in [-0.2, -0.15) is 0 Å². The second-order valence-corrected chi connectivity index (χ2v) is 3.73. The lowest BCUT2D eigenvalue weighted by Crippen LogP contribution is -2.03. The minimum absolute atomic E-state index is 0.295. The van der Waals surface area contributed by atoms with Crippen molar-refractivity contribution >= 4 is 11.0 Å². The molecule has 3 nitrogen and oxygen atoms in total. The van der Waals surface area contributed by atoms with E-state index < -0.39 is 0 Å². The molecule has 0 saturated carbocycles. The minimum Gasteiger partial charge on any atom is -0.393 e. The standard InChI is InChI=1S/C11H14N2O/c1-8(14)5-9-3-4-11-10(6-9)12-7-13(11)2/h3-4,6-8,14H,5H2,1-2H3/t8-/m0/s1. The summed E-state index contributed by atoms with van der Waals surface area (Å²) in [5.74, 6) is 0. The van der Waals surface area contributed by atoms with Crippen LogP contribution in [0.2, 0.25) is 0 Å². The zero-order valence-corrected chi connectivity index (χ0v) is 8.44. The Morgan fingerprint density at radius 2 is 2.29 bits per heavy atom. The molecule has 14 heavy (non-hydrogen) atoms. The van der Waals surface area contributed by atoms with Crippen LogP contribution in [0.1, 0.15) is 12.5 Å². The minimum atomic E-state index is -0.295. The molecular formula is C11H14N2O. The molecule has 0 unspecified atom stereocenters. The van der Waals surface area contributed by atoms with Gasteiger partial charge in [0.05, 0.1) is 23.5 Å². The molecule has 2 aromatic rings. The van der Waals surface area contributed by atoms with Crippen molar-refractivity contribution in [2.75, 3.05) is 0 Å². The van der Waals surface area contributed by atoms with E-state index >= 15 is 0 Å². The van der Waals surface area contributed by atoms with Gasteiger partial charge in [0.25, 0.3) is 0 Å². The summed E-state index contributed by atoms with van der Waals surface area (Å²) in [7, 11) is 1.98. The third-order valence-corrected chi connectivity index (χ3v) is 2.32. The summed E-state index contributed by atoms with van der Waals surface area (Å²) in [5.41, 5.74) is 3.25. The molecule has 0 bridgehead atoms. The maximum Gasteiger partial charge on any atom is 0.0955 e. The first-order valence-electron chi connectivity index (χ1n) is 4.75. The van der Waals surface area contributed by atoms with Crippen LogP contribution in [-0.4, -0.2) is 20.8 Å². The van der Waals surface area contributed by atoms with Gasteiger partial charge in [0.15, 0.2) is 0 Å². The van der Waals surface area contributed by atoms with Crippen LogP contribution in [0.4, 0.5) is 0 Å². The average Bonchev–Trinajstić information content (AvgIpc) is 2.46. The number of aliphatic hydroxyl groups excluding tert-OH is 1. The third kappa shape index (κ3) is 1.63. The summed E-state index contributed by atoms with van der Waals surface area (Å²) >= 11 is 0. The largest absolute Gasteiger partial charge is 0.393 e. The summed E-state index contributed by atoms with van der Waals surface area (Å²) < 4.78 is 1.99. The molecule has 0 aliphatic rings. The maximum atomic E-state index is 9.26. The number of aromatic nitrogens is 2. The molecule has 1 aromatic carbocycles. The molecule has 1 atom stereocenters. The number of benzene rings is 1. The Balaban J connectivity index is 2.42. The number of hydrogen-bond donors (Lipinski definition) is 1. The van der Waals surface area contributed by atoms with E-state index in [9.17, 15) is 5.11 Å². The van der Waals surface area contributed by atoms with Crippen molar-refractivity contribution in [2.45, 2.75) is 19.4 Å². The van der Waals surface area contributed by atoms with Crippen molar-refractivity contribution in [3.63, 3.8) is 0 Å². The molecule has 74 valence electrons. The summed E-state index contributed by atoms with van der Waals surface area (Å²) in [6, 6.07) is 6.11. The fourth-order valence-electron chi connectivity index (χ4n) is 1.65. The Labute approximate surface area is 83.0 Å². The van der Waals surface area contributed by atoms with Gasteiger partial charge in [0.2, 0.25) is 0 Å². The van der Waals surface area contributed by atoms with Crippen molar-refractivity contribution in [3.05, 3.63) is 30.1 Å². The molecule has 0 spiro atoms. The number of rotatable bonds is 2. The molecule has 1 N–H and O–H groups in total. The predicted molar refractivity (Wildman–Crippen MR) is 56.1 cm³/mol. The molecule has 0 aliphatic heterocycles. The monoisotopic (exact) mass is 190 g/mol. The van der Waals surface area contributed by atoms with Gasteiger partial charge in [-0.05, 0) is 31.0 Å². The molecule has 3 heteroatoms. The summed E-state index contributed by atoms with van der Waals surface area (Å²) in [4.78, 5) is 4.27. The zero-order chi connectivity index (χ0) is 10.1. The number of imidazole rings is 1. The van der Waals surface area contributed by atoms with Crippen LogP contribution in [0.5, 0.6) is 0 Å². The highest BCUT2D eigenvalue weighted by Gasteiger charge is 2.03. The number of hydrogen-bond acceptors (Lipinski definition) is 2. The van der Waals surface area contributed by atoms with Crippen LogP contribution in [0.15, 0.2) is 24.5 Å². The molecule has 0 fully saturated rings. The van der Waals surface area contributed by atoms with Crippen LogP contribution >= 0.6 is 0 Å². The summed E-state index contributed by atoms with van der Waals surface area (Å²) in [6.45, 7) is 1.79. The van der Waals surface area contributed by atoms with Crippen molar-refractivity contribution in [2.24, 2.45) is 7.05 Å². The molecule has 1 aromatic heterocycles. The Hall–Kier alpha value is -1.35. The molecular weight excluding hydrogens is 176 g/mol. The fourth-order valence-corrected chi connectivity index (χ4v) is 1.65. The van der Waals surface area contributed by atoms with Gasteiger partial charge >= 0.3 is 0 Å². The second-order valence-electron chi connectivity index (χ2n) is 3.73. The van der Waals surface area contributed by atoms with E-state index in [-0.39, 0.29) is 6.10 Å². The van der Waals surface area contributed by atoms with Crippen molar-refractivity contribution in [3.8, 4) is 0 Å². The van der Waals surface area contributed by atoms with Crippen LogP contribution in [0, 0.1) is 0 Å². The van der Waals surface area contributed by atoms with Crippen LogP contribution in [0.25, 0.3) is 11.0 Å². The van der Waals surface area contributed by atoms with Gasteiger partial charge in [-0.3, -0.25) is 0 Å². The molecule has 2 rings (SSSR count). The van der Waals surface area contributed by atoms with Gasteiger partial charge < -0.3 is 9.67 Å². The van der Waals surface area contributed by atoms with E-state index in [2.05, 4.69) is 4.98 Å². The topological polar surface area (TPSA) is 38.1 Å². The number of nitrogens with zero attached hydrogens (tertiary/aromatic N) is 2. The van der Waals surface area contributed by atoms with E-state index in [1.54, 1.807) is 13.3 Å². The van der Waals surface area contributed by atoms with E-state index in [4.69, 9.17) is 0 Å². The first kappa shape index (κ1) is 9.21. The summed E-state index contributed by atoms with van der Waals surface area (Å²) in [6.07, 6.45) is 2.19. The van der Waals surface area contributed by atoms with E-state index in [0.29, 0.717) is 6.42 Å². The highest BCUT2D eigenvalue weighted by atomic mass is 16.3. The summed E-state index contributed by atoms with van der Waals surface area (Å²) in [5, 5.41) is 9.26. The van der Waals surface area contributed by atoms with E-state index in [1.165, 1.54) is 0 Å². The van der Waals surface area contributed by atoms with Crippen molar-refractivity contribution in [1.29, 1.82) is 0 Å². The van der Waals surface area contributed by atoms with E-state index in [1.807, 2.05) is 29.8 Å². The predicted octanol–water partition coefficient (Wildman–Crippen LogP) is 1.50. The Morgan fingerprint density at radius 3 is 3.00 bits per heavy atom. The Bertz CT molecular complexity index is 445. The molecule has 0 saturated heterocycles. The Kier molecular flexibility index (Phi) is 2.25. The number of fused-ring (bicyclic) bond motifs is 1. The lowest BCUT2D eigenvalue weighted by molar-refractivity contribution is 0.195. The smallest absolute Gasteiger partial charge is 0.0955 e. The zero-order valence-electron chi connectivity index (χ0n) is 8.44. The lowest BCUT2D eigenvalue weighted by Gasteiger charge is -2.03. The quantitative estimate of drug-likeness (QED) is 0.779. The lowest BCUT2D eigenvalue weighted by atomic mass is 10.1. The highest BCUT2D eigenvalue weighted by Crippen LogP contribution is 2.14. The van der Waals surface area contributed by atoms with Crippen molar-refractivity contribution < 1.29 is 5.11 Å². The fraction of sp³-hybridized carbons (Fsp3) is 0.364. The Morgan fingerprint density at radius 1 is 1.50 bits per heavy atom. The van der Waals surface area contributed by atoms with Gasteiger partial charge in [-0.25, -0.2) is 4.98 Å². The molecule has 0 amide bonds. The maximum absolute atomic E-state index is 9.26. The van der Waals surface area contributed by atoms with Gasteiger partial charge in [-0.1, -0.05) is 6.07 Å². The third-order valence-electron chi connectivity index (χ3n) is 2.32. The highest BCUT2D eigenvalue weighted by molar-refractivity contribution is 5.75. The second kappa shape index (κ2) is 3.42. The molecule has 0 aliphatic carbocycles. The average molecular weight is 190 g/mol. The van der Waals surface area contributed by atoms with Gasteiger partial charge in [0.1, 0.15) is 0 Å². The van der Waals surface area contributed by atoms with Crippen molar-refractivity contribution in [1.82, 2.24) is 9.55 Å². The normalized spacial score (nSPS) is 13.4. The first-order valence-corrected chi connectivity index (χ1v) is 4.75. The van der Waals surface area contributed by atoms with Gasteiger partial charge in [-0.15, -0.1) is 0 Å². The van der Waals surface area contributed by atoms with Crippen LogP contribution in [0.3, 0.4) is 0 Å². The number of aliphatic hydroxyl groups is 1. The molecule has 1 heterocycles. The first-order chi connectivity index (χ1) is 6.66. The molecule has 0 radical (unpaired) electrons. The van der Waals surface area contributed by atoms with E-state index in [0.717, 1.165) is 16.6 Å².